The minimum Gasteiger partial charge on any atom is -0.748 e. The summed E-state index contributed by atoms with van der Waals surface area (Å²) in [6.45, 7) is 3.98. The molecule has 0 bridgehead atoms. The number of hydrogen-bond donors (Lipinski definition) is 1. The first-order valence-corrected chi connectivity index (χ1v) is 13.0. The van der Waals surface area contributed by atoms with Crippen LogP contribution in [0.3, 0.4) is 0 Å². The van der Waals surface area contributed by atoms with Crippen LogP contribution in [0.1, 0.15) is 129 Å². The smallest absolute Gasteiger partial charge is 0.748 e. The molecule has 0 radical (unpaired) electrons. The molecule has 6 heteroatoms. The van der Waals surface area contributed by atoms with Crippen molar-refractivity contribution in [2.45, 2.75) is 141 Å². The Morgan fingerprint density at radius 2 is 1.04 bits per heavy atom. The molecule has 0 fully saturated rings. The molecule has 0 aromatic heterocycles. The second-order valence-corrected chi connectivity index (χ2v) is 9.79. The van der Waals surface area contributed by atoms with E-state index in [-0.39, 0.29) is 57.5 Å². The van der Waals surface area contributed by atoms with Gasteiger partial charge in [0.2, 0.25) is 0 Å². The molecule has 0 saturated heterocycles. The van der Waals surface area contributed by atoms with Gasteiger partial charge in [-0.2, -0.15) is 0 Å². The van der Waals surface area contributed by atoms with Crippen LogP contribution in [0, 0.1) is 0 Å². The van der Waals surface area contributed by atoms with Crippen LogP contribution in [-0.2, 0) is 10.1 Å². The van der Waals surface area contributed by atoms with E-state index in [4.69, 9.17) is 0 Å². The Balaban J connectivity index is 0. The van der Waals surface area contributed by atoms with Gasteiger partial charge in [0, 0.05) is 5.25 Å². The van der Waals surface area contributed by atoms with E-state index < -0.39 is 15.4 Å². The van der Waals surface area contributed by atoms with Gasteiger partial charge >= 0.3 is 51.4 Å². The first-order chi connectivity index (χ1) is 12.9. The molecule has 0 aliphatic heterocycles. The van der Waals surface area contributed by atoms with Gasteiger partial charge in [-0.3, -0.25) is 0 Å². The van der Waals surface area contributed by atoms with Gasteiger partial charge in [0.05, 0.1) is 16.2 Å². The Labute approximate surface area is 218 Å². The predicted octanol–water partition coefficient (Wildman–Crippen LogP) is 3.33. The molecule has 2 atom stereocenters. The summed E-state index contributed by atoms with van der Waals surface area (Å²) in [5, 5.41) is 9.25. The molecule has 0 saturated carbocycles. The van der Waals surface area contributed by atoms with E-state index >= 15 is 0 Å². The Kier molecular flexibility index (Phi) is 24.6. The van der Waals surface area contributed by atoms with E-state index in [9.17, 15) is 18.1 Å². The van der Waals surface area contributed by atoms with Crippen LogP contribution < -0.4 is 51.4 Å². The van der Waals surface area contributed by atoms with Crippen molar-refractivity contribution in [1.29, 1.82) is 0 Å². The average Bonchev–Trinajstić information content (AvgIpc) is 2.61. The second-order valence-electron chi connectivity index (χ2n) is 8.14. The van der Waals surface area contributed by atoms with Gasteiger partial charge in [0.25, 0.3) is 0 Å². The Morgan fingerprint density at radius 1 is 0.679 bits per heavy atom. The number of unbranched alkanes of at least 4 members (excludes halogenated alkanes) is 12. The minimum absolute atomic E-state index is 0. The Hall–Kier alpha value is 1.51. The largest absolute Gasteiger partial charge is 1.00 e. The third-order valence-electron chi connectivity index (χ3n) is 5.57. The fraction of sp³-hybridized carbons (Fsp3) is 1.00. The van der Waals surface area contributed by atoms with Crippen LogP contribution in [0.15, 0.2) is 0 Å². The fourth-order valence-electron chi connectivity index (χ4n) is 3.67. The number of aliphatic hydroxyl groups excluding tert-OH is 1. The SMILES string of the molecule is CCCCCCC(O)CCCCCCCCCCCCC(CC)S(=O)(=O)[O-].[K+]. The second kappa shape index (κ2) is 21.7. The van der Waals surface area contributed by atoms with Crippen molar-refractivity contribution in [2.75, 3.05) is 0 Å². The summed E-state index contributed by atoms with van der Waals surface area (Å²) in [4.78, 5) is 0. The van der Waals surface area contributed by atoms with Gasteiger partial charge in [0.15, 0.2) is 0 Å². The Morgan fingerprint density at radius 3 is 1.39 bits per heavy atom. The molecule has 0 spiro atoms. The maximum Gasteiger partial charge on any atom is 1.00 e. The molecule has 28 heavy (non-hydrogen) atoms. The third-order valence-corrected chi connectivity index (χ3v) is 6.95. The molecule has 2 unspecified atom stereocenters. The number of rotatable bonds is 20. The zero-order valence-corrected chi connectivity index (χ0v) is 22.9. The fourth-order valence-corrected chi connectivity index (χ4v) is 4.53. The van der Waals surface area contributed by atoms with Gasteiger partial charge in [0.1, 0.15) is 0 Å². The predicted molar refractivity (Wildman–Crippen MR) is 114 cm³/mol. The number of hydrogen-bond acceptors (Lipinski definition) is 4. The first-order valence-electron chi connectivity index (χ1n) is 11.5. The van der Waals surface area contributed by atoms with Crippen LogP contribution >= 0.6 is 0 Å². The van der Waals surface area contributed by atoms with E-state index in [2.05, 4.69) is 6.92 Å². The monoisotopic (exact) mass is 444 g/mol. The number of aliphatic hydroxyl groups is 1. The standard InChI is InChI=1S/C22H46O4S.K/c1-3-5-6-15-18-21(23)19-16-13-11-9-7-8-10-12-14-17-20-22(4-2)27(24,25)26;/h21-23H,3-20H2,1-2H3,(H,24,25,26);/q;+1/p-1. The van der Waals surface area contributed by atoms with Gasteiger partial charge in [-0.05, 0) is 25.7 Å². The van der Waals surface area contributed by atoms with E-state index in [1.807, 2.05) is 0 Å². The summed E-state index contributed by atoms with van der Waals surface area (Å²) in [5.41, 5.74) is 0. The van der Waals surface area contributed by atoms with Gasteiger partial charge in [-0.15, -0.1) is 0 Å². The van der Waals surface area contributed by atoms with Crippen LogP contribution in [-0.4, -0.2) is 29.4 Å². The van der Waals surface area contributed by atoms with Gasteiger partial charge in [-0.25, -0.2) is 8.42 Å². The van der Waals surface area contributed by atoms with Crippen molar-refractivity contribution in [1.82, 2.24) is 0 Å². The molecule has 164 valence electrons. The van der Waals surface area contributed by atoms with E-state index in [1.165, 1.54) is 64.2 Å². The normalized spacial score (nSPS) is 13.9. The molecular formula is C22H45KO4S. The van der Waals surface area contributed by atoms with E-state index in [1.54, 1.807) is 6.92 Å². The minimum atomic E-state index is -4.11. The molecule has 1 N–H and O–H groups in total. The van der Waals surface area contributed by atoms with E-state index in [0.717, 1.165) is 38.5 Å². The first kappa shape index (κ1) is 31.7. The summed E-state index contributed by atoms with van der Waals surface area (Å²) in [6, 6.07) is 0. The zero-order chi connectivity index (χ0) is 20.4. The summed E-state index contributed by atoms with van der Waals surface area (Å²) in [7, 11) is -4.11. The summed E-state index contributed by atoms with van der Waals surface area (Å²) in [5.74, 6) is 0. The van der Waals surface area contributed by atoms with Crippen LogP contribution in [0.25, 0.3) is 0 Å². The molecular weight excluding hydrogens is 399 g/mol. The van der Waals surface area contributed by atoms with Gasteiger partial charge < -0.3 is 9.66 Å². The zero-order valence-electron chi connectivity index (χ0n) is 19.0. The van der Waals surface area contributed by atoms with Crippen molar-refractivity contribution in [2.24, 2.45) is 0 Å². The molecule has 4 nitrogen and oxygen atoms in total. The molecule has 0 aromatic carbocycles. The van der Waals surface area contributed by atoms with E-state index in [0.29, 0.717) is 12.8 Å². The molecule has 0 aliphatic rings. The molecule has 0 rings (SSSR count). The van der Waals surface area contributed by atoms with Gasteiger partial charge in [-0.1, -0.05) is 104 Å². The van der Waals surface area contributed by atoms with Crippen molar-refractivity contribution in [3.63, 3.8) is 0 Å². The third kappa shape index (κ3) is 20.8. The van der Waals surface area contributed by atoms with Crippen molar-refractivity contribution in [3.8, 4) is 0 Å². The maximum atomic E-state index is 11.0. The topological polar surface area (TPSA) is 77.4 Å². The van der Waals surface area contributed by atoms with Crippen molar-refractivity contribution >= 4 is 10.1 Å². The van der Waals surface area contributed by atoms with Crippen LogP contribution in [0.4, 0.5) is 0 Å². The summed E-state index contributed by atoms with van der Waals surface area (Å²) in [6.07, 6.45) is 19.4. The molecule has 0 heterocycles. The van der Waals surface area contributed by atoms with Crippen molar-refractivity contribution in [3.05, 3.63) is 0 Å². The molecule has 0 aromatic rings. The summed E-state index contributed by atoms with van der Waals surface area (Å²) >= 11 is 0. The maximum absolute atomic E-state index is 11.0. The van der Waals surface area contributed by atoms with Crippen LogP contribution in [0.2, 0.25) is 0 Å². The quantitative estimate of drug-likeness (QED) is 0.177. The molecule has 0 aliphatic carbocycles. The summed E-state index contributed by atoms with van der Waals surface area (Å²) < 4.78 is 33.0. The average molecular weight is 445 g/mol. The van der Waals surface area contributed by atoms with Crippen molar-refractivity contribution < 1.29 is 69.5 Å². The Bertz CT molecular complexity index is 415. The molecule has 0 amide bonds. The van der Waals surface area contributed by atoms with Crippen LogP contribution in [0.5, 0.6) is 0 Å².